The molecule has 0 radical (unpaired) electrons. The summed E-state index contributed by atoms with van der Waals surface area (Å²) in [5.41, 5.74) is 1.92. The third-order valence-electron chi connectivity index (χ3n) is 1.83. The molecule has 0 aliphatic rings. The molecular formula is C9H15ClN2O. The van der Waals surface area contributed by atoms with Crippen LogP contribution in [0.2, 0.25) is 5.15 Å². The van der Waals surface area contributed by atoms with Crippen LogP contribution in [0.15, 0.2) is 0 Å². The summed E-state index contributed by atoms with van der Waals surface area (Å²) in [5, 5.41) is 4.86. The molecule has 0 atom stereocenters. The van der Waals surface area contributed by atoms with Crippen molar-refractivity contribution < 1.29 is 4.74 Å². The summed E-state index contributed by atoms with van der Waals surface area (Å²) in [6.07, 6.45) is 0.218. The van der Waals surface area contributed by atoms with Crippen molar-refractivity contribution in [3.63, 3.8) is 0 Å². The van der Waals surface area contributed by atoms with Crippen molar-refractivity contribution in [2.45, 2.75) is 33.5 Å². The lowest BCUT2D eigenvalue weighted by Gasteiger charge is -2.06. The molecule has 0 unspecified atom stereocenters. The van der Waals surface area contributed by atoms with Gasteiger partial charge in [0.15, 0.2) is 0 Å². The molecule has 0 saturated carbocycles. The first kappa shape index (κ1) is 10.5. The molecule has 0 saturated heterocycles. The molecule has 0 N–H and O–H groups in total. The highest BCUT2D eigenvalue weighted by molar-refractivity contribution is 6.30. The summed E-state index contributed by atoms with van der Waals surface area (Å²) in [6, 6.07) is 0. The maximum Gasteiger partial charge on any atom is 0.132 e. The first-order valence-electron chi connectivity index (χ1n) is 4.32. The van der Waals surface area contributed by atoms with Gasteiger partial charge in [0.25, 0.3) is 0 Å². The highest BCUT2D eigenvalue weighted by Gasteiger charge is 2.11. The summed E-state index contributed by atoms with van der Waals surface area (Å²) in [6.45, 7) is 6.47. The molecular weight excluding hydrogens is 188 g/mol. The van der Waals surface area contributed by atoms with Gasteiger partial charge < -0.3 is 4.74 Å². The second kappa shape index (κ2) is 4.11. The highest BCUT2D eigenvalue weighted by Crippen LogP contribution is 2.19. The quantitative estimate of drug-likeness (QED) is 0.752. The summed E-state index contributed by atoms with van der Waals surface area (Å²) >= 11 is 6.02. The normalized spacial score (nSPS) is 11.2. The van der Waals surface area contributed by atoms with Gasteiger partial charge in [-0.25, -0.2) is 0 Å². The van der Waals surface area contributed by atoms with Gasteiger partial charge in [-0.15, -0.1) is 0 Å². The third-order valence-corrected chi connectivity index (χ3v) is 2.30. The van der Waals surface area contributed by atoms with E-state index in [1.54, 1.807) is 4.68 Å². The maximum absolute atomic E-state index is 6.02. The van der Waals surface area contributed by atoms with Crippen LogP contribution in [-0.2, 0) is 18.4 Å². The fourth-order valence-electron chi connectivity index (χ4n) is 1.09. The fourth-order valence-corrected chi connectivity index (χ4v) is 1.32. The Kier molecular flexibility index (Phi) is 3.33. The van der Waals surface area contributed by atoms with Gasteiger partial charge in [0.2, 0.25) is 0 Å². The number of aromatic nitrogens is 2. The van der Waals surface area contributed by atoms with Crippen molar-refractivity contribution in [1.29, 1.82) is 0 Å². The minimum absolute atomic E-state index is 0.218. The van der Waals surface area contributed by atoms with Crippen LogP contribution in [0, 0.1) is 6.92 Å². The van der Waals surface area contributed by atoms with Crippen LogP contribution < -0.4 is 0 Å². The monoisotopic (exact) mass is 202 g/mol. The number of ether oxygens (including phenoxy) is 1. The first-order chi connectivity index (χ1) is 6.02. The standard InChI is InChI=1S/C9H15ClN2O/c1-6(2)13-5-8-7(3)11-12(4)9(8)10/h6H,5H2,1-4H3. The second-order valence-electron chi connectivity index (χ2n) is 3.34. The number of rotatable bonds is 3. The summed E-state index contributed by atoms with van der Waals surface area (Å²) in [5.74, 6) is 0. The molecule has 0 aliphatic carbocycles. The van der Waals surface area contributed by atoms with Gasteiger partial charge in [0, 0.05) is 12.6 Å². The number of hydrogen-bond donors (Lipinski definition) is 0. The van der Waals surface area contributed by atoms with Crippen LogP contribution >= 0.6 is 11.6 Å². The Morgan fingerprint density at radius 2 is 2.15 bits per heavy atom. The Morgan fingerprint density at radius 3 is 2.54 bits per heavy atom. The van der Waals surface area contributed by atoms with Gasteiger partial charge in [-0.3, -0.25) is 4.68 Å². The minimum atomic E-state index is 0.218. The largest absolute Gasteiger partial charge is 0.374 e. The Morgan fingerprint density at radius 1 is 1.54 bits per heavy atom. The van der Waals surface area contributed by atoms with Crippen LogP contribution in [0.3, 0.4) is 0 Å². The average molecular weight is 203 g/mol. The van der Waals surface area contributed by atoms with Crippen molar-refractivity contribution in [1.82, 2.24) is 9.78 Å². The molecule has 0 amide bonds. The molecule has 0 aromatic carbocycles. The smallest absolute Gasteiger partial charge is 0.132 e. The first-order valence-corrected chi connectivity index (χ1v) is 4.69. The molecule has 1 aromatic heterocycles. The van der Waals surface area contributed by atoms with Crippen molar-refractivity contribution in [3.8, 4) is 0 Å². The predicted octanol–water partition coefficient (Wildman–Crippen LogP) is 2.31. The van der Waals surface area contributed by atoms with E-state index in [0.717, 1.165) is 11.3 Å². The summed E-state index contributed by atoms with van der Waals surface area (Å²) in [4.78, 5) is 0. The topological polar surface area (TPSA) is 27.1 Å². The van der Waals surface area contributed by atoms with E-state index in [1.165, 1.54) is 0 Å². The van der Waals surface area contributed by atoms with Crippen LogP contribution in [0.5, 0.6) is 0 Å². The van der Waals surface area contributed by atoms with Crippen molar-refractivity contribution in [3.05, 3.63) is 16.4 Å². The van der Waals surface area contributed by atoms with E-state index in [0.29, 0.717) is 11.8 Å². The van der Waals surface area contributed by atoms with E-state index in [2.05, 4.69) is 5.10 Å². The zero-order chi connectivity index (χ0) is 10.0. The van der Waals surface area contributed by atoms with Crippen LogP contribution in [0.25, 0.3) is 0 Å². The van der Waals surface area contributed by atoms with Crippen molar-refractivity contribution in [2.75, 3.05) is 0 Å². The van der Waals surface area contributed by atoms with Gasteiger partial charge in [0.1, 0.15) is 5.15 Å². The second-order valence-corrected chi connectivity index (χ2v) is 3.70. The molecule has 4 heteroatoms. The predicted molar refractivity (Wildman–Crippen MR) is 52.9 cm³/mol. The van der Waals surface area contributed by atoms with Crippen LogP contribution in [0.1, 0.15) is 25.1 Å². The number of aryl methyl sites for hydroxylation is 2. The SMILES string of the molecule is Cc1nn(C)c(Cl)c1COC(C)C. The average Bonchev–Trinajstić information content (AvgIpc) is 2.24. The van der Waals surface area contributed by atoms with E-state index in [1.807, 2.05) is 27.8 Å². The summed E-state index contributed by atoms with van der Waals surface area (Å²) < 4.78 is 7.13. The Labute approximate surface area is 83.6 Å². The molecule has 74 valence electrons. The van der Waals surface area contributed by atoms with Gasteiger partial charge >= 0.3 is 0 Å². The number of hydrogen-bond acceptors (Lipinski definition) is 2. The molecule has 0 aliphatic heterocycles. The van der Waals surface area contributed by atoms with Gasteiger partial charge in [0.05, 0.1) is 18.4 Å². The molecule has 1 rings (SSSR count). The van der Waals surface area contributed by atoms with E-state index < -0.39 is 0 Å². The van der Waals surface area contributed by atoms with Gasteiger partial charge in [-0.05, 0) is 20.8 Å². The molecule has 0 spiro atoms. The molecule has 3 nitrogen and oxygen atoms in total. The summed E-state index contributed by atoms with van der Waals surface area (Å²) in [7, 11) is 1.83. The molecule has 0 fully saturated rings. The van der Waals surface area contributed by atoms with E-state index in [-0.39, 0.29) is 6.10 Å². The zero-order valence-electron chi connectivity index (χ0n) is 8.47. The lowest BCUT2D eigenvalue weighted by molar-refractivity contribution is 0.0654. The molecule has 13 heavy (non-hydrogen) atoms. The zero-order valence-corrected chi connectivity index (χ0v) is 9.22. The van der Waals surface area contributed by atoms with Crippen LogP contribution in [0.4, 0.5) is 0 Å². The molecule has 0 bridgehead atoms. The van der Waals surface area contributed by atoms with E-state index in [9.17, 15) is 0 Å². The molecule has 1 aromatic rings. The Bertz CT molecular complexity index is 294. The highest BCUT2D eigenvalue weighted by atomic mass is 35.5. The van der Waals surface area contributed by atoms with Crippen molar-refractivity contribution in [2.24, 2.45) is 7.05 Å². The van der Waals surface area contributed by atoms with Crippen molar-refractivity contribution >= 4 is 11.6 Å². The molecule has 1 heterocycles. The van der Waals surface area contributed by atoms with Crippen LogP contribution in [-0.4, -0.2) is 15.9 Å². The Balaban J connectivity index is 2.76. The number of nitrogens with zero attached hydrogens (tertiary/aromatic N) is 2. The van der Waals surface area contributed by atoms with E-state index >= 15 is 0 Å². The fraction of sp³-hybridized carbons (Fsp3) is 0.667. The number of halogens is 1. The third kappa shape index (κ3) is 2.45. The van der Waals surface area contributed by atoms with Gasteiger partial charge in [-0.1, -0.05) is 11.6 Å². The Hall–Kier alpha value is -0.540. The maximum atomic E-state index is 6.02. The van der Waals surface area contributed by atoms with E-state index in [4.69, 9.17) is 16.3 Å². The van der Waals surface area contributed by atoms with Gasteiger partial charge in [-0.2, -0.15) is 5.10 Å². The minimum Gasteiger partial charge on any atom is -0.374 e. The lowest BCUT2D eigenvalue weighted by Crippen LogP contribution is -2.02. The lowest BCUT2D eigenvalue weighted by atomic mass is 10.3.